The summed E-state index contributed by atoms with van der Waals surface area (Å²) in [5.41, 5.74) is 4.77. The van der Waals surface area contributed by atoms with Gasteiger partial charge < -0.3 is 5.32 Å². The van der Waals surface area contributed by atoms with E-state index in [1.54, 1.807) is 10.7 Å². The van der Waals surface area contributed by atoms with Crippen molar-refractivity contribution in [3.63, 3.8) is 0 Å². The van der Waals surface area contributed by atoms with Gasteiger partial charge in [-0.1, -0.05) is 18.2 Å². The first-order valence-electron chi connectivity index (χ1n) is 7.98. The van der Waals surface area contributed by atoms with Crippen molar-refractivity contribution < 1.29 is 4.79 Å². The van der Waals surface area contributed by atoms with Gasteiger partial charge in [-0.2, -0.15) is 10.2 Å². The lowest BCUT2D eigenvalue weighted by Crippen LogP contribution is -2.18. The van der Waals surface area contributed by atoms with Gasteiger partial charge in [-0.15, -0.1) is 0 Å². The maximum Gasteiger partial charge on any atom is 0.274 e. The normalized spacial score (nSPS) is 10.8. The molecule has 0 unspecified atom stereocenters. The first-order chi connectivity index (χ1) is 11.5. The van der Waals surface area contributed by atoms with Gasteiger partial charge in [0, 0.05) is 6.54 Å². The number of benzene rings is 1. The van der Waals surface area contributed by atoms with Gasteiger partial charge in [-0.25, -0.2) is 4.68 Å². The lowest BCUT2D eigenvalue weighted by atomic mass is 10.2. The quantitative estimate of drug-likeness (QED) is 0.801. The molecule has 6 nitrogen and oxygen atoms in total. The number of nitrogens with zero attached hydrogens (tertiary/aromatic N) is 4. The van der Waals surface area contributed by atoms with Crippen molar-refractivity contribution >= 4 is 11.6 Å². The van der Waals surface area contributed by atoms with E-state index >= 15 is 0 Å². The van der Waals surface area contributed by atoms with E-state index in [1.807, 2.05) is 62.7 Å². The van der Waals surface area contributed by atoms with E-state index in [1.165, 1.54) is 0 Å². The Kier molecular flexibility index (Phi) is 4.20. The van der Waals surface area contributed by atoms with Gasteiger partial charge in [0.25, 0.3) is 5.91 Å². The molecule has 0 saturated carbocycles. The van der Waals surface area contributed by atoms with Crippen LogP contribution in [0.5, 0.6) is 0 Å². The predicted molar refractivity (Wildman–Crippen MR) is 93.6 cm³/mol. The number of hydrogen-bond acceptors (Lipinski definition) is 3. The van der Waals surface area contributed by atoms with Crippen molar-refractivity contribution in [2.24, 2.45) is 0 Å². The lowest BCUT2D eigenvalue weighted by Gasteiger charge is -2.08. The van der Waals surface area contributed by atoms with Gasteiger partial charge in [0.15, 0.2) is 0 Å². The van der Waals surface area contributed by atoms with Crippen molar-refractivity contribution in [1.82, 2.24) is 19.6 Å². The summed E-state index contributed by atoms with van der Waals surface area (Å²) < 4.78 is 3.55. The Hall–Kier alpha value is -2.89. The first-order valence-corrected chi connectivity index (χ1v) is 7.98. The van der Waals surface area contributed by atoms with Gasteiger partial charge in [0.1, 0.15) is 5.69 Å². The van der Waals surface area contributed by atoms with Gasteiger partial charge in [-0.05, 0) is 45.9 Å². The highest BCUT2D eigenvalue weighted by molar-refractivity contribution is 6.03. The van der Waals surface area contributed by atoms with E-state index in [0.717, 1.165) is 28.5 Å². The van der Waals surface area contributed by atoms with Crippen LogP contribution in [0, 0.1) is 20.8 Å². The Morgan fingerprint density at radius 1 is 1.12 bits per heavy atom. The number of aromatic nitrogens is 4. The summed E-state index contributed by atoms with van der Waals surface area (Å²) in [6, 6.07) is 11.7. The van der Waals surface area contributed by atoms with Gasteiger partial charge in [0.2, 0.25) is 0 Å². The number of carbonyl (C=O) groups is 1. The zero-order valence-electron chi connectivity index (χ0n) is 14.4. The Labute approximate surface area is 141 Å². The molecule has 0 radical (unpaired) electrons. The Morgan fingerprint density at radius 3 is 2.50 bits per heavy atom. The number of rotatable bonds is 4. The number of aryl methyl sites for hydroxylation is 3. The molecule has 0 spiro atoms. The minimum absolute atomic E-state index is 0.170. The molecule has 6 heteroatoms. The molecule has 0 aliphatic rings. The van der Waals surface area contributed by atoms with E-state index in [0.29, 0.717) is 12.2 Å². The molecule has 3 rings (SSSR count). The van der Waals surface area contributed by atoms with Crippen LogP contribution in [0.15, 0.2) is 36.4 Å². The van der Waals surface area contributed by atoms with Crippen LogP contribution in [0.3, 0.4) is 0 Å². The summed E-state index contributed by atoms with van der Waals surface area (Å²) in [6.45, 7) is 8.34. The molecular weight excluding hydrogens is 302 g/mol. The second-order valence-electron chi connectivity index (χ2n) is 5.73. The molecule has 3 aromatic rings. The fourth-order valence-corrected chi connectivity index (χ4v) is 2.79. The molecule has 1 aromatic carbocycles. The fraction of sp³-hybridized carbons (Fsp3) is 0.278. The van der Waals surface area contributed by atoms with Crippen molar-refractivity contribution in [2.75, 3.05) is 5.32 Å². The fourth-order valence-electron chi connectivity index (χ4n) is 2.79. The molecule has 0 aliphatic heterocycles. The van der Waals surface area contributed by atoms with Crippen LogP contribution in [0.4, 0.5) is 5.69 Å². The standard InChI is InChI=1S/C18H21N5O/c1-5-22-16(11-12(2)20-22)18(24)19-17-13(3)21-23(14(17)4)15-9-7-6-8-10-15/h6-11H,5H2,1-4H3,(H,19,24). The van der Waals surface area contributed by atoms with Gasteiger partial charge >= 0.3 is 0 Å². The topological polar surface area (TPSA) is 64.7 Å². The van der Waals surface area contributed by atoms with Gasteiger partial charge in [-0.3, -0.25) is 9.48 Å². The molecule has 2 aromatic heterocycles. The zero-order chi connectivity index (χ0) is 17.3. The third-order valence-corrected chi connectivity index (χ3v) is 3.96. The molecule has 0 aliphatic carbocycles. The van der Waals surface area contributed by atoms with E-state index in [4.69, 9.17) is 0 Å². The molecule has 0 saturated heterocycles. The largest absolute Gasteiger partial charge is 0.317 e. The summed E-state index contributed by atoms with van der Waals surface area (Å²) in [5.74, 6) is -0.170. The van der Waals surface area contributed by atoms with Crippen molar-refractivity contribution in [1.29, 1.82) is 0 Å². The number of nitrogens with one attached hydrogen (secondary N) is 1. The predicted octanol–water partition coefficient (Wildman–Crippen LogP) is 3.27. The van der Waals surface area contributed by atoms with Crippen LogP contribution < -0.4 is 5.32 Å². The summed E-state index contributed by atoms with van der Waals surface area (Å²) in [4.78, 5) is 12.6. The summed E-state index contributed by atoms with van der Waals surface area (Å²) in [5, 5.41) is 11.9. The van der Waals surface area contributed by atoms with E-state index < -0.39 is 0 Å². The van der Waals surface area contributed by atoms with Crippen LogP contribution >= 0.6 is 0 Å². The van der Waals surface area contributed by atoms with E-state index in [-0.39, 0.29) is 5.91 Å². The highest BCUT2D eigenvalue weighted by atomic mass is 16.2. The van der Waals surface area contributed by atoms with E-state index in [2.05, 4.69) is 15.5 Å². The molecule has 0 bridgehead atoms. The number of carbonyl (C=O) groups excluding carboxylic acids is 1. The minimum Gasteiger partial charge on any atom is -0.317 e. The Bertz CT molecular complexity index is 876. The maximum atomic E-state index is 12.6. The zero-order valence-corrected chi connectivity index (χ0v) is 14.4. The maximum absolute atomic E-state index is 12.6. The highest BCUT2D eigenvalue weighted by Gasteiger charge is 2.18. The van der Waals surface area contributed by atoms with Crippen molar-refractivity contribution in [3.05, 3.63) is 59.2 Å². The van der Waals surface area contributed by atoms with Crippen LogP contribution in [0.2, 0.25) is 0 Å². The molecular formula is C18H21N5O. The second kappa shape index (κ2) is 6.31. The Balaban J connectivity index is 1.93. The molecule has 124 valence electrons. The summed E-state index contributed by atoms with van der Waals surface area (Å²) >= 11 is 0. The molecule has 0 fully saturated rings. The lowest BCUT2D eigenvalue weighted by molar-refractivity contribution is 0.101. The number of amides is 1. The smallest absolute Gasteiger partial charge is 0.274 e. The SMILES string of the molecule is CCn1nc(C)cc1C(=O)Nc1c(C)nn(-c2ccccc2)c1C. The number of para-hydroxylation sites is 1. The Morgan fingerprint density at radius 2 is 1.83 bits per heavy atom. The molecule has 1 N–H and O–H groups in total. The van der Waals surface area contributed by atoms with Gasteiger partial charge in [0.05, 0.1) is 28.5 Å². The average Bonchev–Trinajstić information content (AvgIpc) is 3.10. The first kappa shape index (κ1) is 16.0. The van der Waals surface area contributed by atoms with E-state index in [9.17, 15) is 4.79 Å². The highest BCUT2D eigenvalue weighted by Crippen LogP contribution is 2.23. The third kappa shape index (κ3) is 2.82. The molecule has 24 heavy (non-hydrogen) atoms. The average molecular weight is 323 g/mol. The molecule has 2 heterocycles. The summed E-state index contributed by atoms with van der Waals surface area (Å²) in [7, 11) is 0. The molecule has 1 amide bonds. The van der Waals surface area contributed by atoms with Crippen LogP contribution in [0.25, 0.3) is 5.69 Å². The second-order valence-corrected chi connectivity index (χ2v) is 5.73. The van der Waals surface area contributed by atoms with Crippen LogP contribution in [0.1, 0.15) is 34.5 Å². The van der Waals surface area contributed by atoms with Crippen LogP contribution in [-0.4, -0.2) is 25.5 Å². The molecule has 0 atom stereocenters. The van der Waals surface area contributed by atoms with Crippen LogP contribution in [-0.2, 0) is 6.54 Å². The van der Waals surface area contributed by atoms with Crippen molar-refractivity contribution in [3.8, 4) is 5.69 Å². The third-order valence-electron chi connectivity index (χ3n) is 3.96. The number of anilines is 1. The number of hydrogen-bond donors (Lipinski definition) is 1. The summed E-state index contributed by atoms with van der Waals surface area (Å²) in [6.07, 6.45) is 0. The monoisotopic (exact) mass is 323 g/mol. The van der Waals surface area contributed by atoms with Crippen molar-refractivity contribution in [2.45, 2.75) is 34.2 Å². The minimum atomic E-state index is -0.170.